The van der Waals surface area contributed by atoms with E-state index in [0.717, 1.165) is 5.56 Å². The lowest BCUT2D eigenvalue weighted by Gasteiger charge is -2.21. The van der Waals surface area contributed by atoms with Gasteiger partial charge < -0.3 is 10.3 Å². The number of rotatable bonds is 4. The molecule has 0 saturated carbocycles. The molecule has 5 rings (SSSR count). The predicted octanol–water partition coefficient (Wildman–Crippen LogP) is 4.28. The molecule has 5 aromatic rings. The lowest BCUT2D eigenvalue weighted by atomic mass is 10.1. The predicted molar refractivity (Wildman–Crippen MR) is 118 cm³/mol. The topological polar surface area (TPSA) is 88.5 Å². The first kappa shape index (κ1) is 18.9. The highest BCUT2D eigenvalue weighted by atomic mass is 19.1. The Morgan fingerprint density at radius 2 is 1.90 bits per heavy atom. The average molecular weight is 414 g/mol. The standard InChI is InChI=1S/C23H19FN6O/c1-13-6-8-16(9-7-13)30-18(10-15-4-3-5-17(24)19(15)23(30)31)14(2)29-22-20-21(26-11-25-20)27-12-28-22/h3-12,14H,1-2H3,(H2,25,26,27,28,29)/t14-/m0/s1. The number of aromatic nitrogens is 5. The molecule has 0 amide bonds. The van der Waals surface area contributed by atoms with Crippen molar-refractivity contribution in [2.45, 2.75) is 19.9 Å². The molecular weight excluding hydrogens is 395 g/mol. The molecule has 0 radical (unpaired) electrons. The van der Waals surface area contributed by atoms with Gasteiger partial charge in [-0.05, 0) is 43.5 Å². The van der Waals surface area contributed by atoms with Crippen molar-refractivity contribution >= 4 is 27.8 Å². The molecule has 7 nitrogen and oxygen atoms in total. The normalized spacial score (nSPS) is 12.4. The lowest BCUT2D eigenvalue weighted by molar-refractivity contribution is 0.637. The van der Waals surface area contributed by atoms with E-state index >= 15 is 0 Å². The van der Waals surface area contributed by atoms with Gasteiger partial charge in [0.1, 0.15) is 17.7 Å². The number of aryl methyl sites for hydroxylation is 1. The van der Waals surface area contributed by atoms with Gasteiger partial charge in [-0.25, -0.2) is 19.3 Å². The monoisotopic (exact) mass is 414 g/mol. The van der Waals surface area contributed by atoms with Gasteiger partial charge in [-0.15, -0.1) is 0 Å². The van der Waals surface area contributed by atoms with Gasteiger partial charge in [0.25, 0.3) is 5.56 Å². The molecule has 0 unspecified atom stereocenters. The number of anilines is 1. The number of fused-ring (bicyclic) bond motifs is 2. The van der Waals surface area contributed by atoms with Gasteiger partial charge in [-0.2, -0.15) is 0 Å². The lowest BCUT2D eigenvalue weighted by Crippen LogP contribution is -2.26. The van der Waals surface area contributed by atoms with Crippen molar-refractivity contribution in [2.75, 3.05) is 5.32 Å². The van der Waals surface area contributed by atoms with Crippen LogP contribution in [0.1, 0.15) is 24.2 Å². The van der Waals surface area contributed by atoms with Crippen LogP contribution in [0, 0.1) is 12.7 Å². The number of nitrogens with zero attached hydrogens (tertiary/aromatic N) is 4. The van der Waals surface area contributed by atoms with E-state index in [2.05, 4.69) is 25.3 Å². The van der Waals surface area contributed by atoms with Crippen molar-refractivity contribution in [1.29, 1.82) is 0 Å². The first-order valence-electron chi connectivity index (χ1n) is 9.85. The van der Waals surface area contributed by atoms with Crippen molar-refractivity contribution in [2.24, 2.45) is 0 Å². The minimum Gasteiger partial charge on any atom is -0.360 e. The fraction of sp³-hybridized carbons (Fsp3) is 0.130. The molecule has 0 saturated heterocycles. The summed E-state index contributed by atoms with van der Waals surface area (Å²) in [5.41, 5.74) is 3.21. The molecule has 154 valence electrons. The number of pyridine rings is 1. The van der Waals surface area contributed by atoms with Crippen molar-refractivity contribution in [3.8, 4) is 5.69 Å². The van der Waals surface area contributed by atoms with Gasteiger partial charge in [0.2, 0.25) is 0 Å². The zero-order valence-corrected chi connectivity index (χ0v) is 16.9. The number of benzene rings is 2. The average Bonchev–Trinajstić information content (AvgIpc) is 3.24. The van der Waals surface area contributed by atoms with Gasteiger partial charge in [0.15, 0.2) is 11.5 Å². The molecule has 0 aliphatic heterocycles. The number of nitrogens with one attached hydrogen (secondary N) is 2. The highest BCUT2D eigenvalue weighted by Crippen LogP contribution is 2.26. The molecule has 0 spiro atoms. The van der Waals surface area contributed by atoms with Gasteiger partial charge in [-0.1, -0.05) is 29.8 Å². The summed E-state index contributed by atoms with van der Waals surface area (Å²) in [6.45, 7) is 3.90. The summed E-state index contributed by atoms with van der Waals surface area (Å²) in [6, 6.07) is 13.7. The number of hydrogen-bond acceptors (Lipinski definition) is 5. The van der Waals surface area contributed by atoms with E-state index in [-0.39, 0.29) is 11.4 Å². The number of halogens is 1. The van der Waals surface area contributed by atoms with Gasteiger partial charge >= 0.3 is 0 Å². The van der Waals surface area contributed by atoms with Crippen LogP contribution in [-0.2, 0) is 0 Å². The fourth-order valence-corrected chi connectivity index (χ4v) is 3.77. The SMILES string of the molecule is Cc1ccc(-n2c([C@H](C)Nc3ncnc4[nH]cnc34)cc3cccc(F)c3c2=O)cc1. The Labute approximate surface area is 176 Å². The Bertz CT molecular complexity index is 1470. The number of aromatic amines is 1. The highest BCUT2D eigenvalue weighted by molar-refractivity contribution is 5.84. The zero-order valence-electron chi connectivity index (χ0n) is 16.9. The van der Waals surface area contributed by atoms with Crippen LogP contribution in [0.2, 0.25) is 0 Å². The fourth-order valence-electron chi connectivity index (χ4n) is 3.77. The Morgan fingerprint density at radius 3 is 2.71 bits per heavy atom. The van der Waals surface area contributed by atoms with Gasteiger partial charge in [-0.3, -0.25) is 9.36 Å². The summed E-state index contributed by atoms with van der Waals surface area (Å²) in [5, 5.41) is 3.94. The summed E-state index contributed by atoms with van der Waals surface area (Å²) >= 11 is 0. The first-order chi connectivity index (χ1) is 15.0. The molecule has 1 atom stereocenters. The Hall–Kier alpha value is -4.07. The summed E-state index contributed by atoms with van der Waals surface area (Å²) in [6.07, 6.45) is 2.99. The van der Waals surface area contributed by atoms with Crippen LogP contribution in [0.3, 0.4) is 0 Å². The third kappa shape index (κ3) is 3.22. The van der Waals surface area contributed by atoms with Crippen LogP contribution in [0.4, 0.5) is 10.2 Å². The summed E-state index contributed by atoms with van der Waals surface area (Å²) in [5.74, 6) is 0.00514. The second kappa shape index (κ2) is 7.32. The molecule has 2 aromatic carbocycles. The zero-order chi connectivity index (χ0) is 21.5. The quantitative estimate of drug-likeness (QED) is 0.458. The summed E-state index contributed by atoms with van der Waals surface area (Å²) in [7, 11) is 0. The maximum absolute atomic E-state index is 14.6. The second-order valence-electron chi connectivity index (χ2n) is 7.44. The minimum atomic E-state index is -0.537. The largest absolute Gasteiger partial charge is 0.360 e. The number of hydrogen-bond donors (Lipinski definition) is 2. The van der Waals surface area contributed by atoms with Crippen LogP contribution >= 0.6 is 0 Å². The molecule has 31 heavy (non-hydrogen) atoms. The molecule has 0 aliphatic rings. The van der Waals surface area contributed by atoms with Gasteiger partial charge in [0, 0.05) is 11.4 Å². The van der Waals surface area contributed by atoms with Crippen molar-refractivity contribution in [1.82, 2.24) is 24.5 Å². The Kier molecular flexibility index (Phi) is 4.47. The van der Waals surface area contributed by atoms with E-state index in [1.807, 2.05) is 44.2 Å². The second-order valence-corrected chi connectivity index (χ2v) is 7.44. The van der Waals surface area contributed by atoms with Crippen LogP contribution in [-0.4, -0.2) is 24.5 Å². The van der Waals surface area contributed by atoms with E-state index in [9.17, 15) is 9.18 Å². The Balaban J connectivity index is 1.71. The molecule has 0 aliphatic carbocycles. The maximum atomic E-state index is 14.6. The van der Waals surface area contributed by atoms with Crippen LogP contribution in [0.15, 0.2) is 66.0 Å². The van der Waals surface area contributed by atoms with E-state index in [0.29, 0.717) is 33.7 Å². The Morgan fingerprint density at radius 1 is 1.10 bits per heavy atom. The molecule has 2 N–H and O–H groups in total. The molecule has 3 aromatic heterocycles. The van der Waals surface area contributed by atoms with E-state index in [1.165, 1.54) is 12.4 Å². The molecule has 8 heteroatoms. The molecular formula is C23H19FN6O. The van der Waals surface area contributed by atoms with E-state index < -0.39 is 11.4 Å². The van der Waals surface area contributed by atoms with Crippen molar-refractivity contribution in [3.63, 3.8) is 0 Å². The van der Waals surface area contributed by atoms with Crippen LogP contribution < -0.4 is 10.9 Å². The maximum Gasteiger partial charge on any atom is 0.266 e. The van der Waals surface area contributed by atoms with E-state index in [4.69, 9.17) is 0 Å². The number of H-pyrrole nitrogens is 1. The first-order valence-corrected chi connectivity index (χ1v) is 9.85. The van der Waals surface area contributed by atoms with Crippen LogP contribution in [0.5, 0.6) is 0 Å². The van der Waals surface area contributed by atoms with Crippen LogP contribution in [0.25, 0.3) is 27.6 Å². The smallest absolute Gasteiger partial charge is 0.266 e. The third-order valence-electron chi connectivity index (χ3n) is 5.33. The van der Waals surface area contributed by atoms with Crippen molar-refractivity contribution in [3.05, 3.63) is 88.6 Å². The molecule has 0 fully saturated rings. The van der Waals surface area contributed by atoms with Gasteiger partial charge in [0.05, 0.1) is 17.8 Å². The number of imidazole rings is 1. The minimum absolute atomic E-state index is 0.0655. The van der Waals surface area contributed by atoms with Crippen molar-refractivity contribution < 1.29 is 4.39 Å². The summed E-state index contributed by atoms with van der Waals surface area (Å²) in [4.78, 5) is 29.1. The molecule has 0 bridgehead atoms. The van der Waals surface area contributed by atoms with E-state index in [1.54, 1.807) is 23.0 Å². The summed E-state index contributed by atoms with van der Waals surface area (Å²) < 4.78 is 16.1. The molecule has 3 heterocycles. The highest BCUT2D eigenvalue weighted by Gasteiger charge is 2.19. The third-order valence-corrected chi connectivity index (χ3v) is 5.33.